The largest absolute Gasteiger partial charge is 0.481 e. The third kappa shape index (κ3) is 3.14. The van der Waals surface area contributed by atoms with Crippen LogP contribution in [0, 0.1) is 6.92 Å². The molecule has 1 aliphatic rings. The standard InChI is InChI=1S/C17H17NO4/c1-11-4-3-5-14(8-11)22-12(2)17(19)18-13-6-7-15-16(9-13)21-10-20-15/h3-9,12H,10H2,1-2H3,(H,18,19). The number of hydrogen-bond acceptors (Lipinski definition) is 4. The van der Waals surface area contributed by atoms with E-state index in [9.17, 15) is 4.79 Å². The number of aryl methyl sites for hydroxylation is 1. The molecular weight excluding hydrogens is 282 g/mol. The molecule has 5 heteroatoms. The van der Waals surface area contributed by atoms with Gasteiger partial charge in [-0.3, -0.25) is 4.79 Å². The van der Waals surface area contributed by atoms with E-state index < -0.39 is 6.10 Å². The lowest BCUT2D eigenvalue weighted by Crippen LogP contribution is -2.30. The number of rotatable bonds is 4. The van der Waals surface area contributed by atoms with Crippen LogP contribution in [-0.2, 0) is 4.79 Å². The number of anilines is 1. The fourth-order valence-electron chi connectivity index (χ4n) is 2.16. The van der Waals surface area contributed by atoms with E-state index in [1.165, 1.54) is 0 Å². The molecule has 3 rings (SSSR count). The van der Waals surface area contributed by atoms with Gasteiger partial charge in [-0.25, -0.2) is 0 Å². The molecule has 0 saturated carbocycles. The van der Waals surface area contributed by atoms with Crippen molar-refractivity contribution >= 4 is 11.6 Å². The summed E-state index contributed by atoms with van der Waals surface area (Å²) >= 11 is 0. The Morgan fingerprint density at radius 1 is 1.18 bits per heavy atom. The first-order chi connectivity index (χ1) is 10.6. The molecule has 114 valence electrons. The molecule has 0 aromatic heterocycles. The first kappa shape index (κ1) is 14.3. The molecule has 1 atom stereocenters. The minimum Gasteiger partial charge on any atom is -0.481 e. The number of amides is 1. The summed E-state index contributed by atoms with van der Waals surface area (Å²) in [6.45, 7) is 3.90. The second kappa shape index (κ2) is 5.97. The molecule has 0 spiro atoms. The van der Waals surface area contributed by atoms with Crippen molar-refractivity contribution in [2.24, 2.45) is 0 Å². The topological polar surface area (TPSA) is 56.8 Å². The first-order valence-electron chi connectivity index (χ1n) is 7.05. The first-order valence-corrected chi connectivity index (χ1v) is 7.05. The average molecular weight is 299 g/mol. The van der Waals surface area contributed by atoms with Gasteiger partial charge in [-0.1, -0.05) is 12.1 Å². The smallest absolute Gasteiger partial charge is 0.265 e. The molecule has 5 nitrogen and oxygen atoms in total. The van der Waals surface area contributed by atoms with Crippen LogP contribution in [0.2, 0.25) is 0 Å². The Bertz CT molecular complexity index is 699. The zero-order valence-corrected chi connectivity index (χ0v) is 12.5. The lowest BCUT2D eigenvalue weighted by molar-refractivity contribution is -0.122. The number of fused-ring (bicyclic) bond motifs is 1. The third-order valence-corrected chi connectivity index (χ3v) is 3.31. The van der Waals surface area contributed by atoms with Crippen LogP contribution in [0.5, 0.6) is 17.2 Å². The Morgan fingerprint density at radius 3 is 2.82 bits per heavy atom. The van der Waals surface area contributed by atoms with Gasteiger partial charge in [0.15, 0.2) is 17.6 Å². The molecule has 0 bridgehead atoms. The van der Waals surface area contributed by atoms with E-state index in [1.807, 2.05) is 31.2 Å². The predicted octanol–water partition coefficient (Wildman–Crippen LogP) is 3.13. The Hall–Kier alpha value is -2.69. The van der Waals surface area contributed by atoms with Crippen LogP contribution in [0.3, 0.4) is 0 Å². The molecule has 1 amide bonds. The number of nitrogens with one attached hydrogen (secondary N) is 1. The van der Waals surface area contributed by atoms with E-state index in [0.29, 0.717) is 22.9 Å². The maximum atomic E-state index is 12.2. The highest BCUT2D eigenvalue weighted by Gasteiger charge is 2.18. The summed E-state index contributed by atoms with van der Waals surface area (Å²) in [6, 6.07) is 12.9. The number of carbonyl (C=O) groups is 1. The lowest BCUT2D eigenvalue weighted by Gasteiger charge is -2.15. The van der Waals surface area contributed by atoms with Gasteiger partial charge in [0, 0.05) is 11.8 Å². The molecule has 0 aliphatic carbocycles. The summed E-state index contributed by atoms with van der Waals surface area (Å²) in [5.41, 5.74) is 1.73. The van der Waals surface area contributed by atoms with Gasteiger partial charge in [0.05, 0.1) is 0 Å². The van der Waals surface area contributed by atoms with Gasteiger partial charge in [0.25, 0.3) is 5.91 Å². The van der Waals surface area contributed by atoms with Crippen molar-refractivity contribution in [3.05, 3.63) is 48.0 Å². The molecule has 2 aromatic carbocycles. The molecule has 22 heavy (non-hydrogen) atoms. The summed E-state index contributed by atoms with van der Waals surface area (Å²) in [7, 11) is 0. The van der Waals surface area contributed by atoms with E-state index in [4.69, 9.17) is 14.2 Å². The second-order valence-corrected chi connectivity index (χ2v) is 5.13. The van der Waals surface area contributed by atoms with E-state index in [2.05, 4.69) is 5.32 Å². The maximum Gasteiger partial charge on any atom is 0.265 e. The zero-order chi connectivity index (χ0) is 15.5. The quantitative estimate of drug-likeness (QED) is 0.942. The molecule has 0 saturated heterocycles. The van der Waals surface area contributed by atoms with Crippen LogP contribution < -0.4 is 19.5 Å². The molecule has 2 aromatic rings. The molecular formula is C17H17NO4. The van der Waals surface area contributed by atoms with Crippen LogP contribution in [0.4, 0.5) is 5.69 Å². The Labute approximate surface area is 128 Å². The van der Waals surface area contributed by atoms with E-state index in [1.54, 1.807) is 25.1 Å². The molecule has 0 radical (unpaired) electrons. The SMILES string of the molecule is Cc1cccc(OC(C)C(=O)Nc2ccc3c(c2)OCO3)c1. The molecule has 1 unspecified atom stereocenters. The van der Waals surface area contributed by atoms with Crippen molar-refractivity contribution < 1.29 is 19.0 Å². The highest BCUT2D eigenvalue weighted by molar-refractivity contribution is 5.94. The van der Waals surface area contributed by atoms with Gasteiger partial charge in [0.1, 0.15) is 5.75 Å². The average Bonchev–Trinajstić information content (AvgIpc) is 2.94. The second-order valence-electron chi connectivity index (χ2n) is 5.13. The normalized spacial score (nSPS) is 13.5. The summed E-state index contributed by atoms with van der Waals surface area (Å²) in [5, 5.41) is 2.81. The van der Waals surface area contributed by atoms with Crippen molar-refractivity contribution in [1.29, 1.82) is 0 Å². The Kier molecular flexibility index (Phi) is 3.87. The zero-order valence-electron chi connectivity index (χ0n) is 12.5. The van der Waals surface area contributed by atoms with Crippen LogP contribution in [0.15, 0.2) is 42.5 Å². The number of carbonyl (C=O) groups excluding carboxylic acids is 1. The minimum absolute atomic E-state index is 0.208. The Morgan fingerprint density at radius 2 is 2.00 bits per heavy atom. The number of ether oxygens (including phenoxy) is 3. The molecule has 1 N–H and O–H groups in total. The van der Waals surface area contributed by atoms with Crippen LogP contribution in [0.25, 0.3) is 0 Å². The minimum atomic E-state index is -0.604. The van der Waals surface area contributed by atoms with Crippen LogP contribution in [0.1, 0.15) is 12.5 Å². The third-order valence-electron chi connectivity index (χ3n) is 3.31. The van der Waals surface area contributed by atoms with Crippen LogP contribution >= 0.6 is 0 Å². The fourth-order valence-corrected chi connectivity index (χ4v) is 2.16. The lowest BCUT2D eigenvalue weighted by atomic mass is 10.2. The van der Waals surface area contributed by atoms with Gasteiger partial charge in [-0.15, -0.1) is 0 Å². The Balaban J connectivity index is 1.64. The van der Waals surface area contributed by atoms with Crippen molar-refractivity contribution in [2.45, 2.75) is 20.0 Å². The fraction of sp³-hybridized carbons (Fsp3) is 0.235. The van der Waals surface area contributed by atoms with Gasteiger partial charge in [-0.2, -0.15) is 0 Å². The van der Waals surface area contributed by atoms with Crippen molar-refractivity contribution in [2.75, 3.05) is 12.1 Å². The van der Waals surface area contributed by atoms with Crippen molar-refractivity contribution in [3.8, 4) is 17.2 Å². The van der Waals surface area contributed by atoms with Crippen molar-refractivity contribution in [3.63, 3.8) is 0 Å². The summed E-state index contributed by atoms with van der Waals surface area (Å²) in [6.07, 6.45) is -0.604. The maximum absolute atomic E-state index is 12.2. The summed E-state index contributed by atoms with van der Waals surface area (Å²) in [5.74, 6) is 1.76. The van der Waals surface area contributed by atoms with Crippen molar-refractivity contribution in [1.82, 2.24) is 0 Å². The highest BCUT2D eigenvalue weighted by Crippen LogP contribution is 2.34. The van der Waals surface area contributed by atoms with Gasteiger partial charge < -0.3 is 19.5 Å². The van der Waals surface area contributed by atoms with Crippen LogP contribution in [-0.4, -0.2) is 18.8 Å². The molecule has 1 aliphatic heterocycles. The molecule has 0 fully saturated rings. The predicted molar refractivity (Wildman–Crippen MR) is 82.5 cm³/mol. The molecule has 1 heterocycles. The summed E-state index contributed by atoms with van der Waals surface area (Å²) < 4.78 is 16.2. The van der Waals surface area contributed by atoms with Gasteiger partial charge in [-0.05, 0) is 43.7 Å². The van der Waals surface area contributed by atoms with Gasteiger partial charge >= 0.3 is 0 Å². The monoisotopic (exact) mass is 299 g/mol. The number of hydrogen-bond donors (Lipinski definition) is 1. The summed E-state index contributed by atoms with van der Waals surface area (Å²) in [4.78, 5) is 12.2. The van der Waals surface area contributed by atoms with E-state index in [0.717, 1.165) is 5.56 Å². The number of benzene rings is 2. The van der Waals surface area contributed by atoms with Gasteiger partial charge in [0.2, 0.25) is 6.79 Å². The highest BCUT2D eigenvalue weighted by atomic mass is 16.7. The van der Waals surface area contributed by atoms with E-state index in [-0.39, 0.29) is 12.7 Å². The van der Waals surface area contributed by atoms with E-state index >= 15 is 0 Å².